The maximum atomic E-state index is 12.5. The molecule has 1 aromatic carbocycles. The van der Waals surface area contributed by atoms with Crippen LogP contribution in [-0.2, 0) is 16.0 Å². The summed E-state index contributed by atoms with van der Waals surface area (Å²) >= 11 is 1.62. The number of hydrogen-bond acceptors (Lipinski definition) is 4. The van der Waals surface area contributed by atoms with Gasteiger partial charge in [0.15, 0.2) is 0 Å². The third-order valence-electron chi connectivity index (χ3n) is 4.08. The quantitative estimate of drug-likeness (QED) is 0.883. The first kappa shape index (κ1) is 13.9. The fourth-order valence-corrected chi connectivity index (χ4v) is 3.95. The zero-order valence-electron chi connectivity index (χ0n) is 11.3. The lowest BCUT2D eigenvalue weighted by atomic mass is 9.90. The molecule has 3 rings (SSSR count). The van der Waals surface area contributed by atoms with Gasteiger partial charge < -0.3 is 15.2 Å². The molecule has 4 nitrogen and oxygen atoms in total. The van der Waals surface area contributed by atoms with Crippen molar-refractivity contribution in [2.45, 2.75) is 34.9 Å². The molecule has 2 heterocycles. The number of hydrogen-bond donors (Lipinski definition) is 2. The normalized spacial score (nSPS) is 24.1. The van der Waals surface area contributed by atoms with Gasteiger partial charge in [0.25, 0.3) is 0 Å². The SMILES string of the molecule is O=C(NC1(CO)CCOCC1)C1Cc2ccccc2S1. The Bertz CT molecular complexity index is 475. The maximum absolute atomic E-state index is 12.5. The van der Waals surface area contributed by atoms with E-state index in [2.05, 4.69) is 17.4 Å². The van der Waals surface area contributed by atoms with Gasteiger partial charge in [-0.25, -0.2) is 0 Å². The summed E-state index contributed by atoms with van der Waals surface area (Å²) in [6.07, 6.45) is 2.13. The van der Waals surface area contributed by atoms with Crippen LogP contribution < -0.4 is 5.32 Å². The average molecular weight is 293 g/mol. The van der Waals surface area contributed by atoms with Crippen molar-refractivity contribution in [3.8, 4) is 0 Å². The molecular formula is C15H19NO3S. The van der Waals surface area contributed by atoms with Crippen LogP contribution in [0.25, 0.3) is 0 Å². The number of carbonyl (C=O) groups excluding carboxylic acids is 1. The number of fused-ring (bicyclic) bond motifs is 1. The fraction of sp³-hybridized carbons (Fsp3) is 0.533. The summed E-state index contributed by atoms with van der Waals surface area (Å²) in [4.78, 5) is 13.7. The molecular weight excluding hydrogens is 274 g/mol. The highest BCUT2D eigenvalue weighted by molar-refractivity contribution is 8.01. The topological polar surface area (TPSA) is 58.6 Å². The molecule has 20 heavy (non-hydrogen) atoms. The Labute approximate surface area is 122 Å². The molecule has 2 N–H and O–H groups in total. The maximum Gasteiger partial charge on any atom is 0.234 e. The second kappa shape index (κ2) is 5.76. The van der Waals surface area contributed by atoms with Gasteiger partial charge in [-0.15, -0.1) is 11.8 Å². The van der Waals surface area contributed by atoms with Gasteiger partial charge in [0, 0.05) is 18.1 Å². The van der Waals surface area contributed by atoms with Crippen molar-refractivity contribution in [1.29, 1.82) is 0 Å². The number of nitrogens with one attached hydrogen (secondary N) is 1. The van der Waals surface area contributed by atoms with Gasteiger partial charge in [-0.3, -0.25) is 4.79 Å². The third kappa shape index (κ3) is 2.71. The molecule has 1 amide bonds. The smallest absolute Gasteiger partial charge is 0.234 e. The highest BCUT2D eigenvalue weighted by atomic mass is 32.2. The summed E-state index contributed by atoms with van der Waals surface area (Å²) in [6, 6.07) is 8.14. The van der Waals surface area contributed by atoms with E-state index in [-0.39, 0.29) is 17.8 Å². The van der Waals surface area contributed by atoms with Gasteiger partial charge in [-0.1, -0.05) is 18.2 Å². The highest BCUT2D eigenvalue weighted by Gasteiger charge is 2.37. The van der Waals surface area contributed by atoms with Crippen LogP contribution in [0.4, 0.5) is 0 Å². The standard InChI is InChI=1S/C15H19NO3S/c17-10-15(5-7-19-8-6-15)16-14(18)13-9-11-3-1-2-4-12(11)20-13/h1-4,13,17H,5-10H2,(H,16,18). The Morgan fingerprint density at radius 3 is 2.85 bits per heavy atom. The Balaban J connectivity index is 1.66. The first-order valence-corrected chi connectivity index (χ1v) is 7.86. The number of amides is 1. The molecule has 1 saturated heterocycles. The van der Waals surface area contributed by atoms with E-state index in [4.69, 9.17) is 4.74 Å². The van der Waals surface area contributed by atoms with E-state index >= 15 is 0 Å². The van der Waals surface area contributed by atoms with Crippen LogP contribution in [0, 0.1) is 0 Å². The number of aliphatic hydroxyl groups excluding tert-OH is 1. The predicted octanol–water partition coefficient (Wildman–Crippen LogP) is 1.36. The Morgan fingerprint density at radius 2 is 2.15 bits per heavy atom. The van der Waals surface area contributed by atoms with Crippen molar-refractivity contribution < 1.29 is 14.6 Å². The molecule has 1 aromatic rings. The Hall–Kier alpha value is -1.04. The first-order valence-electron chi connectivity index (χ1n) is 6.98. The summed E-state index contributed by atoms with van der Waals surface area (Å²) in [7, 11) is 0. The predicted molar refractivity (Wildman–Crippen MR) is 77.8 cm³/mol. The molecule has 0 saturated carbocycles. The van der Waals surface area contributed by atoms with E-state index in [1.54, 1.807) is 11.8 Å². The van der Waals surface area contributed by atoms with Gasteiger partial charge in [0.05, 0.1) is 17.4 Å². The zero-order valence-corrected chi connectivity index (χ0v) is 12.1. The van der Waals surface area contributed by atoms with E-state index in [1.165, 1.54) is 10.5 Å². The van der Waals surface area contributed by atoms with E-state index < -0.39 is 5.54 Å². The lowest BCUT2D eigenvalue weighted by Gasteiger charge is -2.37. The molecule has 0 bridgehead atoms. The third-order valence-corrected chi connectivity index (χ3v) is 5.40. The number of carbonyl (C=O) groups is 1. The molecule has 0 aromatic heterocycles. The fourth-order valence-electron chi connectivity index (χ4n) is 2.75. The molecule has 2 aliphatic heterocycles. The van der Waals surface area contributed by atoms with Crippen LogP contribution in [0.15, 0.2) is 29.2 Å². The molecule has 2 aliphatic rings. The van der Waals surface area contributed by atoms with Crippen LogP contribution in [0.2, 0.25) is 0 Å². The summed E-state index contributed by atoms with van der Waals surface area (Å²) in [5, 5.41) is 12.6. The Morgan fingerprint density at radius 1 is 1.40 bits per heavy atom. The van der Waals surface area contributed by atoms with Gasteiger partial charge in [-0.05, 0) is 30.9 Å². The molecule has 1 fully saturated rings. The van der Waals surface area contributed by atoms with Crippen molar-refractivity contribution in [3.05, 3.63) is 29.8 Å². The molecule has 1 atom stereocenters. The number of ether oxygens (including phenoxy) is 1. The van der Waals surface area contributed by atoms with E-state index in [9.17, 15) is 9.90 Å². The minimum absolute atomic E-state index is 0.0214. The highest BCUT2D eigenvalue weighted by Crippen LogP contribution is 2.37. The van der Waals surface area contributed by atoms with Gasteiger partial charge in [0.1, 0.15) is 0 Å². The van der Waals surface area contributed by atoms with Crippen molar-refractivity contribution in [1.82, 2.24) is 5.32 Å². The monoisotopic (exact) mass is 293 g/mol. The first-order chi connectivity index (χ1) is 9.72. The molecule has 0 aliphatic carbocycles. The van der Waals surface area contributed by atoms with Crippen LogP contribution in [0.3, 0.4) is 0 Å². The van der Waals surface area contributed by atoms with E-state index in [1.807, 2.05) is 12.1 Å². The van der Waals surface area contributed by atoms with Crippen LogP contribution in [-0.4, -0.2) is 41.6 Å². The van der Waals surface area contributed by atoms with Crippen molar-refractivity contribution in [3.63, 3.8) is 0 Å². The van der Waals surface area contributed by atoms with E-state index in [0.717, 1.165) is 6.42 Å². The van der Waals surface area contributed by atoms with Crippen molar-refractivity contribution in [2.24, 2.45) is 0 Å². The lowest BCUT2D eigenvalue weighted by molar-refractivity contribution is -0.124. The van der Waals surface area contributed by atoms with Gasteiger partial charge in [0.2, 0.25) is 5.91 Å². The van der Waals surface area contributed by atoms with Crippen molar-refractivity contribution in [2.75, 3.05) is 19.8 Å². The minimum Gasteiger partial charge on any atom is -0.394 e. The summed E-state index contributed by atoms with van der Waals surface area (Å²) < 4.78 is 5.32. The molecule has 108 valence electrons. The van der Waals surface area contributed by atoms with Crippen LogP contribution in [0.5, 0.6) is 0 Å². The molecule has 0 spiro atoms. The van der Waals surface area contributed by atoms with Gasteiger partial charge >= 0.3 is 0 Å². The molecule has 1 unspecified atom stereocenters. The van der Waals surface area contributed by atoms with Crippen molar-refractivity contribution >= 4 is 17.7 Å². The zero-order chi connectivity index (χ0) is 14.0. The minimum atomic E-state index is -0.495. The van der Waals surface area contributed by atoms with Crippen LogP contribution in [0.1, 0.15) is 18.4 Å². The second-order valence-corrected chi connectivity index (χ2v) is 6.70. The number of benzene rings is 1. The number of rotatable bonds is 3. The summed E-state index contributed by atoms with van der Waals surface area (Å²) in [5.41, 5.74) is 0.743. The summed E-state index contributed by atoms with van der Waals surface area (Å²) in [6.45, 7) is 1.17. The largest absolute Gasteiger partial charge is 0.394 e. The van der Waals surface area contributed by atoms with Gasteiger partial charge in [-0.2, -0.15) is 0 Å². The number of thioether (sulfide) groups is 1. The lowest BCUT2D eigenvalue weighted by Crippen LogP contribution is -2.56. The Kier molecular flexibility index (Phi) is 4.01. The number of aliphatic hydroxyl groups is 1. The molecule has 0 radical (unpaired) electrons. The summed E-state index contributed by atoms with van der Waals surface area (Å²) in [5.74, 6) is 0.0298. The van der Waals surface area contributed by atoms with Crippen LogP contribution >= 0.6 is 11.8 Å². The second-order valence-electron chi connectivity index (χ2n) is 5.46. The molecule has 5 heteroatoms. The average Bonchev–Trinajstić information content (AvgIpc) is 2.92. The van der Waals surface area contributed by atoms with E-state index in [0.29, 0.717) is 26.1 Å².